The molecule has 0 radical (unpaired) electrons. The summed E-state index contributed by atoms with van der Waals surface area (Å²) >= 11 is 0. The highest BCUT2D eigenvalue weighted by Crippen LogP contribution is 2.20. The molecule has 0 bridgehead atoms. The molecule has 29 heavy (non-hydrogen) atoms. The van der Waals surface area contributed by atoms with Crippen molar-refractivity contribution in [1.82, 2.24) is 9.78 Å². The van der Waals surface area contributed by atoms with Gasteiger partial charge in [-0.25, -0.2) is 0 Å². The number of carbonyl (C=O) groups is 2. The van der Waals surface area contributed by atoms with E-state index in [1.165, 1.54) is 13.1 Å². The zero-order chi connectivity index (χ0) is 21.0. The second-order valence-corrected chi connectivity index (χ2v) is 6.89. The molecule has 1 N–H and O–H groups in total. The fraction of sp³-hybridized carbons (Fsp3) is 0.273. The van der Waals surface area contributed by atoms with Crippen LogP contribution in [0.2, 0.25) is 0 Å². The van der Waals surface area contributed by atoms with Crippen LogP contribution in [0.4, 0.5) is 5.69 Å². The smallest absolute Gasteiger partial charge is 0.308 e. The third-order valence-electron chi connectivity index (χ3n) is 4.70. The first kappa shape index (κ1) is 20.3. The minimum Gasteiger partial charge on any atom is -0.452 e. The number of aryl methyl sites for hydroxylation is 3. The number of anilines is 1. The number of amides is 1. The van der Waals surface area contributed by atoms with E-state index < -0.39 is 12.1 Å². The summed E-state index contributed by atoms with van der Waals surface area (Å²) in [4.78, 5) is 36.5. The van der Waals surface area contributed by atoms with Gasteiger partial charge in [0.25, 0.3) is 5.91 Å². The molecule has 0 unspecified atom stereocenters. The van der Waals surface area contributed by atoms with Gasteiger partial charge in [-0.3, -0.25) is 19.1 Å². The van der Waals surface area contributed by atoms with Crippen LogP contribution in [-0.2, 0) is 20.9 Å². The molecule has 1 aromatic heterocycles. The summed E-state index contributed by atoms with van der Waals surface area (Å²) in [5.41, 5.74) is 3.08. The second kappa shape index (κ2) is 8.68. The maximum absolute atomic E-state index is 12.4. The van der Waals surface area contributed by atoms with E-state index in [4.69, 9.17) is 4.74 Å². The van der Waals surface area contributed by atoms with Gasteiger partial charge in [0.15, 0.2) is 6.10 Å². The van der Waals surface area contributed by atoms with Crippen LogP contribution in [0.15, 0.2) is 53.5 Å². The van der Waals surface area contributed by atoms with Gasteiger partial charge in [0.2, 0.25) is 5.43 Å². The first-order valence-electron chi connectivity index (χ1n) is 9.38. The van der Waals surface area contributed by atoms with Crippen LogP contribution in [0, 0.1) is 13.8 Å². The highest BCUT2D eigenvalue weighted by Gasteiger charge is 2.19. The van der Waals surface area contributed by atoms with Gasteiger partial charge in [0.1, 0.15) is 0 Å². The first-order valence-corrected chi connectivity index (χ1v) is 9.38. The Morgan fingerprint density at radius 3 is 2.52 bits per heavy atom. The van der Waals surface area contributed by atoms with Crippen molar-refractivity contribution in [2.75, 3.05) is 5.32 Å². The van der Waals surface area contributed by atoms with E-state index in [0.717, 1.165) is 16.8 Å². The molecule has 1 amide bonds. The maximum atomic E-state index is 12.4. The quantitative estimate of drug-likeness (QED) is 0.650. The van der Waals surface area contributed by atoms with Crippen molar-refractivity contribution >= 4 is 28.5 Å². The number of rotatable bonds is 6. The number of nitrogens with zero attached hydrogens (tertiary/aromatic N) is 2. The second-order valence-electron chi connectivity index (χ2n) is 6.89. The van der Waals surface area contributed by atoms with Gasteiger partial charge >= 0.3 is 5.97 Å². The molecular formula is C22H23N3O4. The zero-order valence-corrected chi connectivity index (χ0v) is 16.6. The maximum Gasteiger partial charge on any atom is 0.308 e. The van der Waals surface area contributed by atoms with Gasteiger partial charge in [0, 0.05) is 11.1 Å². The van der Waals surface area contributed by atoms with Gasteiger partial charge in [0.05, 0.1) is 24.7 Å². The standard InChI is InChI=1S/C22H23N3O4/c1-14-7-6-8-15(2)21(14)24-22(28)16(3)29-20(27)11-12-25-18-10-5-4-9-17(18)19(26)13-23-25/h4-10,13,16H,11-12H2,1-3H3,(H,24,28)/t16-/m1/s1. The summed E-state index contributed by atoms with van der Waals surface area (Å²) in [6, 6.07) is 12.8. The van der Waals surface area contributed by atoms with Crippen molar-refractivity contribution in [2.45, 2.75) is 39.8 Å². The van der Waals surface area contributed by atoms with Crippen molar-refractivity contribution in [3.05, 3.63) is 70.0 Å². The highest BCUT2D eigenvalue weighted by atomic mass is 16.5. The molecule has 1 heterocycles. The number of fused-ring (bicyclic) bond motifs is 1. The molecule has 0 spiro atoms. The van der Waals surface area contributed by atoms with Gasteiger partial charge in [-0.05, 0) is 44.0 Å². The van der Waals surface area contributed by atoms with E-state index in [1.54, 1.807) is 28.9 Å². The molecule has 0 aliphatic carbocycles. The molecular weight excluding hydrogens is 370 g/mol. The van der Waals surface area contributed by atoms with Crippen molar-refractivity contribution < 1.29 is 14.3 Å². The molecule has 0 fully saturated rings. The third-order valence-corrected chi connectivity index (χ3v) is 4.70. The fourth-order valence-electron chi connectivity index (χ4n) is 3.08. The van der Waals surface area contributed by atoms with Crippen molar-refractivity contribution in [2.24, 2.45) is 0 Å². The van der Waals surface area contributed by atoms with Crippen molar-refractivity contribution in [3.8, 4) is 0 Å². The van der Waals surface area contributed by atoms with E-state index in [9.17, 15) is 14.4 Å². The van der Waals surface area contributed by atoms with E-state index in [1.807, 2.05) is 32.0 Å². The molecule has 7 nitrogen and oxygen atoms in total. The Bertz CT molecular complexity index is 1100. The topological polar surface area (TPSA) is 90.3 Å². The van der Waals surface area contributed by atoms with Gasteiger partial charge in [-0.15, -0.1) is 0 Å². The average Bonchev–Trinajstić information content (AvgIpc) is 2.70. The molecule has 7 heteroatoms. The number of esters is 1. The van der Waals surface area contributed by atoms with E-state index >= 15 is 0 Å². The van der Waals surface area contributed by atoms with Crippen LogP contribution in [-0.4, -0.2) is 27.8 Å². The summed E-state index contributed by atoms with van der Waals surface area (Å²) < 4.78 is 6.85. The first-order chi connectivity index (χ1) is 13.9. The lowest BCUT2D eigenvalue weighted by molar-refractivity contribution is -0.153. The number of carbonyl (C=O) groups excluding carboxylic acids is 2. The van der Waals surface area contributed by atoms with Crippen LogP contribution in [0.25, 0.3) is 10.9 Å². The number of benzene rings is 2. The molecule has 0 saturated heterocycles. The van der Waals surface area contributed by atoms with Gasteiger partial charge < -0.3 is 10.1 Å². The lowest BCUT2D eigenvalue weighted by atomic mass is 10.1. The molecule has 3 rings (SSSR count). The predicted octanol–water partition coefficient (Wildman–Crippen LogP) is 2.97. The molecule has 2 aromatic carbocycles. The SMILES string of the molecule is Cc1cccc(C)c1NC(=O)[C@@H](C)OC(=O)CCn1ncc(=O)c2ccccc21. The van der Waals surface area contributed by atoms with Gasteiger partial charge in [-0.1, -0.05) is 30.3 Å². The Morgan fingerprint density at radius 2 is 1.79 bits per heavy atom. The Morgan fingerprint density at radius 1 is 1.10 bits per heavy atom. The molecule has 0 aliphatic heterocycles. The Balaban J connectivity index is 1.60. The normalized spacial score (nSPS) is 11.8. The molecule has 3 aromatic rings. The Labute approximate surface area is 168 Å². The number of hydrogen-bond donors (Lipinski definition) is 1. The minimum absolute atomic E-state index is 0.0286. The fourth-order valence-corrected chi connectivity index (χ4v) is 3.08. The highest BCUT2D eigenvalue weighted by molar-refractivity contribution is 5.96. The number of hydrogen-bond acceptors (Lipinski definition) is 5. The molecule has 0 aliphatic rings. The summed E-state index contributed by atoms with van der Waals surface area (Å²) in [5.74, 6) is -0.901. The van der Waals surface area contributed by atoms with E-state index in [0.29, 0.717) is 10.9 Å². The average molecular weight is 393 g/mol. The largest absolute Gasteiger partial charge is 0.452 e. The molecule has 1 atom stereocenters. The van der Waals surface area contributed by atoms with Gasteiger partial charge in [-0.2, -0.15) is 5.10 Å². The minimum atomic E-state index is -0.930. The van der Waals surface area contributed by atoms with Crippen LogP contribution < -0.4 is 10.7 Å². The summed E-state index contributed by atoms with van der Waals surface area (Å²) in [6.45, 7) is 5.58. The number of aromatic nitrogens is 2. The lowest BCUT2D eigenvalue weighted by Gasteiger charge is -2.16. The van der Waals surface area contributed by atoms with Crippen LogP contribution in [0.5, 0.6) is 0 Å². The summed E-state index contributed by atoms with van der Waals surface area (Å²) in [5, 5.41) is 7.44. The Kier molecular flexibility index (Phi) is 6.07. The van der Waals surface area contributed by atoms with Crippen LogP contribution >= 0.6 is 0 Å². The van der Waals surface area contributed by atoms with Crippen LogP contribution in [0.1, 0.15) is 24.5 Å². The number of para-hydroxylation sites is 2. The molecule has 150 valence electrons. The summed E-state index contributed by atoms with van der Waals surface area (Å²) in [7, 11) is 0. The van der Waals surface area contributed by atoms with Crippen molar-refractivity contribution in [3.63, 3.8) is 0 Å². The number of ether oxygens (including phenoxy) is 1. The van der Waals surface area contributed by atoms with Crippen LogP contribution in [0.3, 0.4) is 0 Å². The monoisotopic (exact) mass is 393 g/mol. The third kappa shape index (κ3) is 4.68. The predicted molar refractivity (Wildman–Crippen MR) is 111 cm³/mol. The van der Waals surface area contributed by atoms with Crippen molar-refractivity contribution in [1.29, 1.82) is 0 Å². The summed E-state index contributed by atoms with van der Waals surface area (Å²) in [6.07, 6.45) is 0.329. The Hall–Kier alpha value is -3.48. The number of nitrogens with one attached hydrogen (secondary N) is 1. The lowest BCUT2D eigenvalue weighted by Crippen LogP contribution is -2.30. The molecule has 0 saturated carbocycles. The van der Waals surface area contributed by atoms with E-state index in [2.05, 4.69) is 10.4 Å². The zero-order valence-electron chi connectivity index (χ0n) is 16.6. The van der Waals surface area contributed by atoms with E-state index in [-0.39, 0.29) is 24.3 Å².